The largest absolute Gasteiger partial charge is 0.493 e. The summed E-state index contributed by atoms with van der Waals surface area (Å²) in [5.41, 5.74) is 2.23. The molecule has 4 aromatic carbocycles. The van der Waals surface area contributed by atoms with Gasteiger partial charge in [-0.1, -0.05) is 65.9 Å². The molecule has 0 N–H and O–H groups in total. The maximum Gasteiger partial charge on any atom is 0.338 e. The van der Waals surface area contributed by atoms with Crippen LogP contribution in [0.25, 0.3) is 27.6 Å². The summed E-state index contributed by atoms with van der Waals surface area (Å²) >= 11 is 1.31. The van der Waals surface area contributed by atoms with Crippen molar-refractivity contribution >= 4 is 44.9 Å². The van der Waals surface area contributed by atoms with Crippen molar-refractivity contribution in [2.45, 2.75) is 19.9 Å². The van der Waals surface area contributed by atoms with Crippen LogP contribution >= 0.6 is 11.3 Å². The molecule has 0 radical (unpaired) electrons. The highest BCUT2D eigenvalue weighted by Crippen LogP contribution is 2.36. The van der Waals surface area contributed by atoms with Gasteiger partial charge in [-0.05, 0) is 70.8 Å². The number of hydrogen-bond donors (Lipinski definition) is 0. The number of rotatable bonds is 6. The molecule has 7 nitrogen and oxygen atoms in total. The number of benzene rings is 4. The lowest BCUT2D eigenvalue weighted by Crippen LogP contribution is -2.40. The van der Waals surface area contributed by atoms with Gasteiger partial charge in [0.1, 0.15) is 0 Å². The van der Waals surface area contributed by atoms with Crippen LogP contribution in [-0.4, -0.2) is 31.4 Å². The van der Waals surface area contributed by atoms with E-state index in [1.54, 1.807) is 44.8 Å². The molecule has 0 unspecified atom stereocenters. The van der Waals surface area contributed by atoms with Gasteiger partial charge in [0.05, 0.1) is 42.7 Å². The Morgan fingerprint density at radius 3 is 2.24 bits per heavy atom. The zero-order valence-corrected chi connectivity index (χ0v) is 24.0. The minimum atomic E-state index is -0.753. The van der Waals surface area contributed by atoms with Crippen LogP contribution in [-0.2, 0) is 9.53 Å². The van der Waals surface area contributed by atoms with E-state index < -0.39 is 12.0 Å². The standard InChI is InChI=1S/C33H28N2O5S/c1-5-40-32(37)29-19(2)34-33-35(30(29)22-14-15-26(38-3)27(17-22)39-4)31(36)28(41-33)18-25-23-12-8-6-10-20(23)16-21-11-7-9-13-24(21)25/h6-18,30H,5H2,1-4H3/b28-18-/t30-/m1/s1. The van der Waals surface area contributed by atoms with E-state index in [1.165, 1.54) is 11.3 Å². The van der Waals surface area contributed by atoms with Gasteiger partial charge in [-0.25, -0.2) is 9.79 Å². The Labute approximate surface area is 240 Å². The number of esters is 1. The van der Waals surface area contributed by atoms with E-state index in [-0.39, 0.29) is 12.2 Å². The Kier molecular flexibility index (Phi) is 6.93. The van der Waals surface area contributed by atoms with E-state index in [2.05, 4.69) is 30.3 Å². The Morgan fingerprint density at radius 2 is 1.61 bits per heavy atom. The van der Waals surface area contributed by atoms with Crippen LogP contribution in [0.2, 0.25) is 0 Å². The smallest absolute Gasteiger partial charge is 0.338 e. The van der Waals surface area contributed by atoms with Gasteiger partial charge in [-0.3, -0.25) is 9.36 Å². The number of hydrogen-bond acceptors (Lipinski definition) is 7. The van der Waals surface area contributed by atoms with Gasteiger partial charge in [-0.15, -0.1) is 0 Å². The molecule has 0 aliphatic carbocycles. The molecule has 0 amide bonds. The van der Waals surface area contributed by atoms with Crippen molar-refractivity contribution in [3.8, 4) is 11.5 Å². The van der Waals surface area contributed by atoms with Crippen LogP contribution in [0.1, 0.15) is 31.0 Å². The summed E-state index contributed by atoms with van der Waals surface area (Å²) in [6, 6.07) is 23.1. The molecule has 1 aliphatic rings. The number of fused-ring (bicyclic) bond motifs is 3. The first-order valence-electron chi connectivity index (χ1n) is 13.3. The fourth-order valence-electron chi connectivity index (χ4n) is 5.47. The molecule has 0 saturated carbocycles. The molecule has 1 aliphatic heterocycles. The van der Waals surface area contributed by atoms with E-state index >= 15 is 0 Å². The molecule has 0 bridgehead atoms. The van der Waals surface area contributed by atoms with Crippen molar-refractivity contribution in [1.29, 1.82) is 0 Å². The van der Waals surface area contributed by atoms with Crippen LogP contribution < -0.4 is 24.4 Å². The number of carbonyl (C=O) groups excluding carboxylic acids is 1. The van der Waals surface area contributed by atoms with Gasteiger partial charge in [-0.2, -0.15) is 0 Å². The van der Waals surface area contributed by atoms with Crippen molar-refractivity contribution in [2.24, 2.45) is 4.99 Å². The molecule has 1 atom stereocenters. The van der Waals surface area contributed by atoms with E-state index in [9.17, 15) is 9.59 Å². The van der Waals surface area contributed by atoms with E-state index in [4.69, 9.17) is 19.2 Å². The molecule has 6 rings (SSSR count). The lowest BCUT2D eigenvalue weighted by molar-refractivity contribution is -0.139. The molecule has 0 saturated heterocycles. The zero-order chi connectivity index (χ0) is 28.7. The summed E-state index contributed by atoms with van der Waals surface area (Å²) in [6.45, 7) is 3.73. The zero-order valence-electron chi connectivity index (χ0n) is 23.1. The van der Waals surface area contributed by atoms with Crippen LogP contribution in [0.15, 0.2) is 93.9 Å². The number of thiazole rings is 1. The highest BCUT2D eigenvalue weighted by atomic mass is 32.1. The fourth-order valence-corrected chi connectivity index (χ4v) is 6.49. The van der Waals surface area contributed by atoms with Crippen molar-refractivity contribution in [3.05, 3.63) is 115 Å². The summed E-state index contributed by atoms with van der Waals surface area (Å²) in [4.78, 5) is 32.7. The van der Waals surface area contributed by atoms with Crippen molar-refractivity contribution in [3.63, 3.8) is 0 Å². The second kappa shape index (κ2) is 10.7. The summed E-state index contributed by atoms with van der Waals surface area (Å²) in [6.07, 6.45) is 1.95. The van der Waals surface area contributed by atoms with Gasteiger partial charge >= 0.3 is 5.97 Å². The third-order valence-corrected chi connectivity index (χ3v) is 8.31. The lowest BCUT2D eigenvalue weighted by atomic mass is 9.95. The summed E-state index contributed by atoms with van der Waals surface area (Å²) in [5, 5.41) is 4.29. The van der Waals surface area contributed by atoms with Gasteiger partial charge in [0, 0.05) is 0 Å². The SMILES string of the molecule is CCOC(=O)C1=C(C)N=c2s/c(=C\c3c4ccccc4cc4ccccc34)c(=O)n2[C@@H]1c1ccc(OC)c(OC)c1. The van der Waals surface area contributed by atoms with Crippen LogP contribution in [0.5, 0.6) is 11.5 Å². The third-order valence-electron chi connectivity index (χ3n) is 7.33. The van der Waals surface area contributed by atoms with Gasteiger partial charge in [0.2, 0.25) is 0 Å². The van der Waals surface area contributed by atoms with Gasteiger partial charge < -0.3 is 14.2 Å². The van der Waals surface area contributed by atoms with Crippen molar-refractivity contribution in [1.82, 2.24) is 4.57 Å². The van der Waals surface area contributed by atoms with E-state index in [1.807, 2.05) is 36.4 Å². The molecule has 41 heavy (non-hydrogen) atoms. The summed E-state index contributed by atoms with van der Waals surface area (Å²) in [7, 11) is 3.11. The molecular weight excluding hydrogens is 536 g/mol. The number of methoxy groups -OCH3 is 2. The topological polar surface area (TPSA) is 79.1 Å². The highest BCUT2D eigenvalue weighted by Gasteiger charge is 2.34. The first-order chi connectivity index (χ1) is 19.9. The number of ether oxygens (including phenoxy) is 3. The predicted octanol–water partition coefficient (Wildman–Crippen LogP) is 5.12. The van der Waals surface area contributed by atoms with E-state index in [0.717, 1.165) is 27.1 Å². The van der Waals surface area contributed by atoms with Crippen LogP contribution in [0, 0.1) is 0 Å². The monoisotopic (exact) mass is 564 g/mol. The Hall–Kier alpha value is -4.69. The normalized spacial score (nSPS) is 15.1. The number of carbonyl (C=O) groups is 1. The molecule has 8 heteroatoms. The average Bonchev–Trinajstić information content (AvgIpc) is 3.29. The fraction of sp³-hybridized carbons (Fsp3) is 0.182. The molecule has 0 fully saturated rings. The number of aromatic nitrogens is 1. The summed E-state index contributed by atoms with van der Waals surface area (Å²) < 4.78 is 18.5. The second-order valence-corrected chi connectivity index (χ2v) is 10.7. The van der Waals surface area contributed by atoms with Crippen molar-refractivity contribution in [2.75, 3.05) is 20.8 Å². The second-order valence-electron chi connectivity index (χ2n) is 9.65. The maximum absolute atomic E-state index is 14.2. The molecule has 5 aromatic rings. The number of nitrogens with zero attached hydrogens (tertiary/aromatic N) is 2. The Bertz CT molecular complexity index is 2000. The Balaban J connectivity index is 1.64. The van der Waals surface area contributed by atoms with E-state index in [0.29, 0.717) is 37.7 Å². The third kappa shape index (κ3) is 4.50. The van der Waals surface area contributed by atoms with Crippen molar-refractivity contribution < 1.29 is 19.0 Å². The molecule has 0 spiro atoms. The first kappa shape index (κ1) is 26.5. The molecular formula is C33H28N2O5S. The summed E-state index contributed by atoms with van der Waals surface area (Å²) in [5.74, 6) is 0.528. The Morgan fingerprint density at radius 1 is 0.951 bits per heavy atom. The molecule has 206 valence electrons. The maximum atomic E-state index is 14.2. The van der Waals surface area contributed by atoms with Crippen LogP contribution in [0.4, 0.5) is 0 Å². The first-order valence-corrected chi connectivity index (χ1v) is 14.1. The average molecular weight is 565 g/mol. The quantitative estimate of drug-likeness (QED) is 0.211. The van der Waals surface area contributed by atoms with Gasteiger partial charge in [0.15, 0.2) is 16.3 Å². The van der Waals surface area contributed by atoms with Crippen LogP contribution in [0.3, 0.4) is 0 Å². The number of allylic oxidation sites excluding steroid dienone is 1. The lowest BCUT2D eigenvalue weighted by Gasteiger charge is -2.25. The van der Waals surface area contributed by atoms with Gasteiger partial charge in [0.25, 0.3) is 5.56 Å². The molecule has 2 heterocycles. The minimum Gasteiger partial charge on any atom is -0.493 e. The minimum absolute atomic E-state index is 0.201. The predicted molar refractivity (Wildman–Crippen MR) is 161 cm³/mol. The molecule has 1 aromatic heterocycles. The highest BCUT2D eigenvalue weighted by molar-refractivity contribution is 7.07.